The van der Waals surface area contributed by atoms with Gasteiger partial charge in [-0.25, -0.2) is 12.8 Å². The predicted octanol–water partition coefficient (Wildman–Crippen LogP) is 2.13. The van der Waals surface area contributed by atoms with Crippen molar-refractivity contribution < 1.29 is 17.9 Å². The third kappa shape index (κ3) is 3.44. The van der Waals surface area contributed by atoms with Crippen molar-refractivity contribution >= 4 is 10.0 Å². The molecule has 6 heteroatoms. The predicted molar refractivity (Wildman–Crippen MR) is 76.5 cm³/mol. The Morgan fingerprint density at radius 3 is 2.19 bits per heavy atom. The molecule has 1 N–H and O–H groups in total. The fourth-order valence-corrected chi connectivity index (χ4v) is 4.30. The second-order valence-corrected chi connectivity index (χ2v) is 8.03. The van der Waals surface area contributed by atoms with E-state index in [-0.39, 0.29) is 10.5 Å². The van der Waals surface area contributed by atoms with Crippen LogP contribution in [-0.2, 0) is 16.6 Å². The number of halogens is 1. The Hall–Kier alpha value is -0.980. The highest BCUT2D eigenvalue weighted by Gasteiger charge is 2.36. The number of sulfonamides is 1. The van der Waals surface area contributed by atoms with E-state index >= 15 is 0 Å². The van der Waals surface area contributed by atoms with Crippen molar-refractivity contribution in [3.05, 3.63) is 29.6 Å². The van der Waals surface area contributed by atoms with Gasteiger partial charge in [0.2, 0.25) is 10.0 Å². The zero-order chi connectivity index (χ0) is 15.0. The van der Waals surface area contributed by atoms with Gasteiger partial charge in [0.1, 0.15) is 5.82 Å². The average Bonchev–Trinajstić information content (AvgIpc) is 3.33. The highest BCUT2D eigenvalue weighted by Crippen LogP contribution is 2.36. The van der Waals surface area contributed by atoms with Crippen molar-refractivity contribution in [2.24, 2.45) is 11.8 Å². The zero-order valence-corrected chi connectivity index (χ0v) is 12.7. The van der Waals surface area contributed by atoms with Crippen molar-refractivity contribution in [3.8, 4) is 0 Å². The van der Waals surface area contributed by atoms with Gasteiger partial charge in [0.25, 0.3) is 0 Å². The van der Waals surface area contributed by atoms with Crippen LogP contribution in [0.3, 0.4) is 0 Å². The van der Waals surface area contributed by atoms with Gasteiger partial charge in [-0.15, -0.1) is 0 Å². The molecule has 0 radical (unpaired) electrons. The van der Waals surface area contributed by atoms with Crippen LogP contribution < -0.4 is 0 Å². The molecule has 0 unspecified atom stereocenters. The van der Waals surface area contributed by atoms with Gasteiger partial charge < -0.3 is 5.11 Å². The molecular formula is C15H20FNO3S. The summed E-state index contributed by atoms with van der Waals surface area (Å²) in [5.41, 5.74) is 0.257. The van der Waals surface area contributed by atoms with Crippen molar-refractivity contribution in [2.45, 2.75) is 37.2 Å². The van der Waals surface area contributed by atoms with E-state index in [9.17, 15) is 17.9 Å². The molecule has 1 aromatic carbocycles. The van der Waals surface area contributed by atoms with Crippen LogP contribution >= 0.6 is 0 Å². The molecule has 0 atom stereocenters. The Morgan fingerprint density at radius 1 is 1.14 bits per heavy atom. The van der Waals surface area contributed by atoms with Gasteiger partial charge >= 0.3 is 0 Å². The molecule has 2 saturated carbocycles. The third-order valence-electron chi connectivity index (χ3n) is 4.13. The minimum atomic E-state index is -3.74. The molecule has 0 heterocycles. The summed E-state index contributed by atoms with van der Waals surface area (Å²) in [5.74, 6) is 0.276. The summed E-state index contributed by atoms with van der Waals surface area (Å²) in [7, 11) is -3.74. The maximum absolute atomic E-state index is 13.5. The molecule has 0 spiro atoms. The molecule has 3 rings (SSSR count). The number of aliphatic hydroxyl groups excluding tert-OH is 1. The van der Waals surface area contributed by atoms with Crippen LogP contribution in [0.1, 0.15) is 31.2 Å². The number of hydrogen-bond acceptors (Lipinski definition) is 3. The van der Waals surface area contributed by atoms with E-state index in [0.717, 1.165) is 31.7 Å². The molecule has 0 aliphatic heterocycles. The molecular weight excluding hydrogens is 293 g/mol. The van der Waals surface area contributed by atoms with Crippen LogP contribution in [0.2, 0.25) is 0 Å². The first-order valence-corrected chi connectivity index (χ1v) is 8.84. The van der Waals surface area contributed by atoms with Gasteiger partial charge in [-0.1, -0.05) is 6.07 Å². The number of aliphatic hydroxyl groups is 1. The summed E-state index contributed by atoms with van der Waals surface area (Å²) in [6, 6.07) is 3.54. The Bertz CT molecular complexity index is 610. The number of nitrogens with zero attached hydrogens (tertiary/aromatic N) is 1. The van der Waals surface area contributed by atoms with E-state index < -0.39 is 22.4 Å². The largest absolute Gasteiger partial charge is 0.392 e. The van der Waals surface area contributed by atoms with Gasteiger partial charge in [0, 0.05) is 13.1 Å². The van der Waals surface area contributed by atoms with Gasteiger partial charge in [-0.2, -0.15) is 4.31 Å². The molecule has 116 valence electrons. The number of rotatable bonds is 7. The average molecular weight is 313 g/mol. The van der Waals surface area contributed by atoms with E-state index in [2.05, 4.69) is 0 Å². The summed E-state index contributed by atoms with van der Waals surface area (Å²) in [4.78, 5) is -0.0914. The fourth-order valence-electron chi connectivity index (χ4n) is 2.49. The normalized spacial score (nSPS) is 19.2. The van der Waals surface area contributed by atoms with Crippen LogP contribution in [0.4, 0.5) is 4.39 Å². The van der Waals surface area contributed by atoms with Gasteiger partial charge in [-0.05, 0) is 55.2 Å². The summed E-state index contributed by atoms with van der Waals surface area (Å²) in [5, 5.41) is 9.34. The minimum absolute atomic E-state index is 0.0914. The molecule has 1 aromatic rings. The van der Waals surface area contributed by atoms with Gasteiger partial charge in [0.15, 0.2) is 0 Å². The molecule has 21 heavy (non-hydrogen) atoms. The molecule has 4 nitrogen and oxygen atoms in total. The maximum Gasteiger partial charge on any atom is 0.243 e. The lowest BCUT2D eigenvalue weighted by atomic mass is 10.2. The highest BCUT2D eigenvalue weighted by molar-refractivity contribution is 7.89. The smallest absolute Gasteiger partial charge is 0.243 e. The fraction of sp³-hybridized carbons (Fsp3) is 0.600. The maximum atomic E-state index is 13.5. The quantitative estimate of drug-likeness (QED) is 0.839. The summed E-state index contributed by atoms with van der Waals surface area (Å²) in [6.07, 6.45) is 4.25. The Balaban J connectivity index is 1.93. The van der Waals surface area contributed by atoms with E-state index in [4.69, 9.17) is 0 Å². The minimum Gasteiger partial charge on any atom is -0.392 e. The number of benzene rings is 1. The summed E-state index contributed by atoms with van der Waals surface area (Å²) < 4.78 is 40.6. The third-order valence-corrected chi connectivity index (χ3v) is 6.05. The van der Waals surface area contributed by atoms with Crippen LogP contribution in [0.5, 0.6) is 0 Å². The monoisotopic (exact) mass is 313 g/mol. The summed E-state index contributed by atoms with van der Waals surface area (Å²) in [6.45, 7) is 0.621. The van der Waals surface area contributed by atoms with Crippen molar-refractivity contribution in [1.82, 2.24) is 4.31 Å². The molecule has 0 aromatic heterocycles. The second-order valence-electron chi connectivity index (χ2n) is 6.12. The Labute approximate surface area is 124 Å². The van der Waals surface area contributed by atoms with Crippen molar-refractivity contribution in [2.75, 3.05) is 13.1 Å². The highest BCUT2D eigenvalue weighted by atomic mass is 32.2. The van der Waals surface area contributed by atoms with E-state index in [1.807, 2.05) is 0 Å². The SMILES string of the molecule is O=S(=O)(c1cc(F)ccc1CO)N(CC1CC1)CC1CC1. The first-order valence-electron chi connectivity index (χ1n) is 7.40. The lowest BCUT2D eigenvalue weighted by Gasteiger charge is -2.23. The van der Waals surface area contributed by atoms with Crippen LogP contribution in [0, 0.1) is 17.7 Å². The van der Waals surface area contributed by atoms with Gasteiger partial charge in [-0.3, -0.25) is 0 Å². The van der Waals surface area contributed by atoms with Crippen molar-refractivity contribution in [1.29, 1.82) is 0 Å². The topological polar surface area (TPSA) is 57.6 Å². The molecule has 2 fully saturated rings. The zero-order valence-electron chi connectivity index (χ0n) is 11.8. The van der Waals surface area contributed by atoms with E-state index in [1.165, 1.54) is 16.4 Å². The van der Waals surface area contributed by atoms with Crippen LogP contribution in [0.25, 0.3) is 0 Å². The van der Waals surface area contributed by atoms with Crippen LogP contribution in [0.15, 0.2) is 23.1 Å². The molecule has 2 aliphatic carbocycles. The molecule has 0 saturated heterocycles. The lowest BCUT2D eigenvalue weighted by molar-refractivity contribution is 0.277. The van der Waals surface area contributed by atoms with E-state index in [0.29, 0.717) is 24.9 Å². The molecule has 2 aliphatic rings. The van der Waals surface area contributed by atoms with Crippen LogP contribution in [-0.4, -0.2) is 30.9 Å². The Morgan fingerprint density at radius 2 is 1.71 bits per heavy atom. The lowest BCUT2D eigenvalue weighted by Crippen LogP contribution is -2.35. The second kappa shape index (κ2) is 5.66. The molecule has 0 bridgehead atoms. The van der Waals surface area contributed by atoms with E-state index in [1.54, 1.807) is 0 Å². The van der Waals surface area contributed by atoms with Gasteiger partial charge in [0.05, 0.1) is 11.5 Å². The summed E-state index contributed by atoms with van der Waals surface area (Å²) >= 11 is 0. The molecule has 0 amide bonds. The first kappa shape index (κ1) is 14.9. The standard InChI is InChI=1S/C15H20FNO3S/c16-14-6-5-13(10-18)15(7-14)21(19,20)17(8-11-1-2-11)9-12-3-4-12/h5-7,11-12,18H,1-4,8-10H2. The van der Waals surface area contributed by atoms with Crippen molar-refractivity contribution in [3.63, 3.8) is 0 Å². The first-order chi connectivity index (χ1) is 10.0. The number of hydrogen-bond donors (Lipinski definition) is 1. The Kier molecular flexibility index (Phi) is 4.03.